The monoisotopic (exact) mass is 252 g/mol. The number of aromatic nitrogens is 2. The van der Waals surface area contributed by atoms with Crippen LogP contribution in [0.15, 0.2) is 23.1 Å². The molecule has 1 N–H and O–H groups in total. The maximum absolute atomic E-state index is 11.5. The lowest BCUT2D eigenvalue weighted by atomic mass is 10.1. The molecule has 0 aliphatic heterocycles. The zero-order valence-electron chi connectivity index (χ0n) is 7.67. The molecule has 0 fully saturated rings. The first-order valence-electron chi connectivity index (χ1n) is 4.38. The summed E-state index contributed by atoms with van der Waals surface area (Å²) < 4.78 is 0.745. The van der Waals surface area contributed by atoms with E-state index >= 15 is 0 Å². The van der Waals surface area contributed by atoms with Crippen molar-refractivity contribution in [3.05, 3.63) is 28.6 Å². The van der Waals surface area contributed by atoms with E-state index in [-0.39, 0.29) is 5.78 Å². The van der Waals surface area contributed by atoms with Crippen molar-refractivity contribution in [3.8, 4) is 0 Å². The Kier molecular flexibility index (Phi) is 2.37. The van der Waals surface area contributed by atoms with Crippen molar-refractivity contribution >= 4 is 32.6 Å². The molecular weight excluding hydrogens is 244 g/mol. The van der Waals surface area contributed by atoms with Crippen LogP contribution in [0.25, 0.3) is 10.9 Å². The summed E-state index contributed by atoms with van der Waals surface area (Å²) in [5, 5.41) is 0.929. The van der Waals surface area contributed by atoms with E-state index in [2.05, 4.69) is 25.9 Å². The highest BCUT2D eigenvalue weighted by Crippen LogP contribution is 2.21. The average molecular weight is 253 g/mol. The van der Waals surface area contributed by atoms with Gasteiger partial charge in [0.05, 0.1) is 11.7 Å². The van der Waals surface area contributed by atoms with Gasteiger partial charge < -0.3 is 4.98 Å². The standard InChI is InChI=1S/C10H9BrN2O/c1-2-9(14)7-4-12-8-5-13-10(11)3-6(7)8/h3-5,12H,2H2,1H3. The molecule has 2 heterocycles. The summed E-state index contributed by atoms with van der Waals surface area (Å²) in [7, 11) is 0. The van der Waals surface area contributed by atoms with Crippen molar-refractivity contribution < 1.29 is 4.79 Å². The van der Waals surface area contributed by atoms with E-state index in [1.807, 2.05) is 13.0 Å². The second-order valence-corrected chi connectivity index (χ2v) is 3.84. The molecule has 0 aliphatic carbocycles. The summed E-state index contributed by atoms with van der Waals surface area (Å²) in [4.78, 5) is 18.7. The van der Waals surface area contributed by atoms with Crippen LogP contribution in [-0.4, -0.2) is 15.8 Å². The van der Waals surface area contributed by atoms with Gasteiger partial charge in [0.1, 0.15) is 4.60 Å². The smallest absolute Gasteiger partial charge is 0.164 e. The lowest BCUT2D eigenvalue weighted by Crippen LogP contribution is -1.94. The average Bonchev–Trinajstić information content (AvgIpc) is 2.59. The Balaban J connectivity index is 2.67. The van der Waals surface area contributed by atoms with Crippen molar-refractivity contribution in [2.24, 2.45) is 0 Å². The third kappa shape index (κ3) is 1.46. The molecule has 2 aromatic heterocycles. The number of nitrogens with zero attached hydrogens (tertiary/aromatic N) is 1. The van der Waals surface area contributed by atoms with Crippen LogP contribution < -0.4 is 0 Å². The number of H-pyrrole nitrogens is 1. The van der Waals surface area contributed by atoms with Crippen molar-refractivity contribution in [1.82, 2.24) is 9.97 Å². The fourth-order valence-corrected chi connectivity index (χ4v) is 1.75. The van der Waals surface area contributed by atoms with Crippen molar-refractivity contribution in [2.45, 2.75) is 13.3 Å². The second kappa shape index (κ2) is 3.53. The Labute approximate surface area is 89.7 Å². The molecule has 14 heavy (non-hydrogen) atoms. The van der Waals surface area contributed by atoms with Gasteiger partial charge in [-0.15, -0.1) is 0 Å². The first-order valence-corrected chi connectivity index (χ1v) is 5.17. The quantitative estimate of drug-likeness (QED) is 0.660. The molecule has 0 aliphatic rings. The minimum absolute atomic E-state index is 0.148. The van der Waals surface area contributed by atoms with E-state index < -0.39 is 0 Å². The Morgan fingerprint density at radius 3 is 3.14 bits per heavy atom. The van der Waals surface area contributed by atoms with Crippen LogP contribution in [0.1, 0.15) is 23.7 Å². The number of hydrogen-bond donors (Lipinski definition) is 1. The number of hydrogen-bond acceptors (Lipinski definition) is 2. The molecule has 0 amide bonds. The number of aromatic amines is 1. The van der Waals surface area contributed by atoms with Crippen molar-refractivity contribution in [1.29, 1.82) is 0 Å². The maximum atomic E-state index is 11.5. The van der Waals surface area contributed by atoms with Crippen molar-refractivity contribution in [2.75, 3.05) is 0 Å². The number of rotatable bonds is 2. The number of pyridine rings is 1. The van der Waals surface area contributed by atoms with Gasteiger partial charge in [0.15, 0.2) is 5.78 Å². The summed E-state index contributed by atoms with van der Waals surface area (Å²) in [6.45, 7) is 1.86. The molecule has 4 heteroatoms. The molecule has 0 atom stereocenters. The number of fused-ring (bicyclic) bond motifs is 1. The van der Waals surface area contributed by atoms with Crippen molar-refractivity contribution in [3.63, 3.8) is 0 Å². The minimum atomic E-state index is 0.148. The van der Waals surface area contributed by atoms with Gasteiger partial charge in [-0.05, 0) is 22.0 Å². The molecule has 0 saturated heterocycles. The lowest BCUT2D eigenvalue weighted by molar-refractivity contribution is 0.0990. The first-order chi connectivity index (χ1) is 6.72. The highest BCUT2D eigenvalue weighted by Gasteiger charge is 2.10. The normalized spacial score (nSPS) is 10.7. The summed E-state index contributed by atoms with van der Waals surface area (Å²) >= 11 is 3.29. The van der Waals surface area contributed by atoms with Crippen LogP contribution in [-0.2, 0) is 0 Å². The number of ketones is 1. The predicted molar refractivity (Wildman–Crippen MR) is 58.4 cm³/mol. The zero-order valence-corrected chi connectivity index (χ0v) is 9.26. The Bertz CT molecular complexity index is 490. The molecule has 0 saturated carbocycles. The van der Waals surface area contributed by atoms with Gasteiger partial charge >= 0.3 is 0 Å². The fourth-order valence-electron chi connectivity index (χ4n) is 1.42. The molecule has 0 spiro atoms. The highest BCUT2D eigenvalue weighted by atomic mass is 79.9. The SMILES string of the molecule is CCC(=O)c1c[nH]c2cnc(Br)cc12. The van der Waals surface area contributed by atoms with E-state index in [0.29, 0.717) is 6.42 Å². The summed E-state index contributed by atoms with van der Waals surface area (Å²) in [5.41, 5.74) is 1.63. The van der Waals surface area contributed by atoms with E-state index in [1.165, 1.54) is 0 Å². The summed E-state index contributed by atoms with van der Waals surface area (Å²) in [6, 6.07) is 1.86. The highest BCUT2D eigenvalue weighted by molar-refractivity contribution is 9.10. The largest absolute Gasteiger partial charge is 0.359 e. The van der Waals surface area contributed by atoms with Gasteiger partial charge in [0, 0.05) is 23.6 Å². The molecule has 0 bridgehead atoms. The van der Waals surface area contributed by atoms with E-state index in [9.17, 15) is 4.79 Å². The third-order valence-electron chi connectivity index (χ3n) is 2.15. The maximum Gasteiger partial charge on any atom is 0.164 e. The molecular formula is C10H9BrN2O. The minimum Gasteiger partial charge on any atom is -0.359 e. The van der Waals surface area contributed by atoms with Crippen LogP contribution in [0, 0.1) is 0 Å². The number of carbonyl (C=O) groups excluding carboxylic acids is 1. The fraction of sp³-hybridized carbons (Fsp3) is 0.200. The van der Waals surface area contributed by atoms with Gasteiger partial charge in [0.25, 0.3) is 0 Å². The van der Waals surface area contributed by atoms with E-state index in [4.69, 9.17) is 0 Å². The molecule has 2 rings (SSSR count). The third-order valence-corrected chi connectivity index (χ3v) is 2.59. The van der Waals surface area contributed by atoms with Crippen LogP contribution in [0.3, 0.4) is 0 Å². The number of carbonyl (C=O) groups is 1. The molecule has 0 unspecified atom stereocenters. The molecule has 0 radical (unpaired) electrons. The van der Waals surface area contributed by atoms with Gasteiger partial charge in [-0.1, -0.05) is 6.92 Å². The molecule has 72 valence electrons. The summed E-state index contributed by atoms with van der Waals surface area (Å²) in [5.74, 6) is 0.148. The van der Waals surface area contributed by atoms with E-state index in [0.717, 1.165) is 21.1 Å². The number of nitrogens with one attached hydrogen (secondary N) is 1. The number of halogens is 1. The Hall–Kier alpha value is -1.16. The second-order valence-electron chi connectivity index (χ2n) is 3.03. The van der Waals surface area contributed by atoms with Crippen LogP contribution in [0.4, 0.5) is 0 Å². The number of Topliss-reactive ketones (excluding diaryl/α,β-unsaturated/α-hetero) is 1. The van der Waals surface area contributed by atoms with E-state index in [1.54, 1.807) is 12.4 Å². The van der Waals surface area contributed by atoms with Crippen LogP contribution >= 0.6 is 15.9 Å². The van der Waals surface area contributed by atoms with Gasteiger partial charge in [-0.3, -0.25) is 4.79 Å². The zero-order chi connectivity index (χ0) is 10.1. The van der Waals surface area contributed by atoms with Crippen LogP contribution in [0.5, 0.6) is 0 Å². The predicted octanol–water partition coefficient (Wildman–Crippen LogP) is 2.92. The van der Waals surface area contributed by atoms with Crippen LogP contribution in [0.2, 0.25) is 0 Å². The topological polar surface area (TPSA) is 45.8 Å². The molecule has 3 nitrogen and oxygen atoms in total. The van der Waals surface area contributed by atoms with Gasteiger partial charge in [-0.2, -0.15) is 0 Å². The van der Waals surface area contributed by atoms with Gasteiger partial charge in [0.2, 0.25) is 0 Å². The molecule has 2 aromatic rings. The molecule has 0 aromatic carbocycles. The summed E-state index contributed by atoms with van der Waals surface area (Å²) in [6.07, 6.45) is 3.98. The Morgan fingerprint density at radius 1 is 1.64 bits per heavy atom. The Morgan fingerprint density at radius 2 is 2.43 bits per heavy atom. The van der Waals surface area contributed by atoms with Gasteiger partial charge in [-0.25, -0.2) is 4.98 Å². The first kappa shape index (κ1) is 9.40. The lowest BCUT2D eigenvalue weighted by Gasteiger charge is -1.95.